The molecule has 0 unspecified atom stereocenters. The fourth-order valence-corrected chi connectivity index (χ4v) is 7.33. The molecule has 3 amide bonds. The molecule has 6 heterocycles. The summed E-state index contributed by atoms with van der Waals surface area (Å²) < 4.78 is 6.15. The highest BCUT2D eigenvalue weighted by atomic mass is 35.5. The molecule has 32 heteroatoms. The Balaban J connectivity index is 0.000000180. The Morgan fingerprint density at radius 1 is 0.542 bits per heavy atom. The molecule has 30 nitrogen and oxygen atoms in total. The summed E-state index contributed by atoms with van der Waals surface area (Å²) >= 11 is 11.8. The van der Waals surface area contributed by atoms with E-state index < -0.39 is 35.6 Å². The van der Waals surface area contributed by atoms with Gasteiger partial charge in [-0.3, -0.25) is 24.2 Å². The molecule has 83 heavy (non-hydrogen) atoms. The number of carboxylic acids is 2. The number of benzene rings is 3. The maximum atomic E-state index is 12.6. The number of aryl methyl sites for hydroxylation is 1. The van der Waals surface area contributed by atoms with Gasteiger partial charge in [-0.1, -0.05) is 23.2 Å². The molecular weight excluding hydrogens is 1120 g/mol. The number of hydrogen-bond donors (Lipinski definition) is 7. The molecule has 0 aliphatic heterocycles. The minimum atomic E-state index is -1.32. The highest BCUT2D eigenvalue weighted by Crippen LogP contribution is 2.29. The number of carbonyl (C=O) groups excluding carboxylic acids is 4. The van der Waals surface area contributed by atoms with E-state index in [0.29, 0.717) is 39.6 Å². The quantitative estimate of drug-likeness (QED) is 0.0731. The second-order valence-electron chi connectivity index (χ2n) is 16.0. The number of halogens is 2. The molecule has 7 N–H and O–H groups in total. The number of hydrogen-bond acceptors (Lipinski definition) is 22. The normalized spacial score (nSPS) is 10.0. The van der Waals surface area contributed by atoms with Crippen LogP contribution < -0.4 is 16.0 Å². The number of H-pyrrole nitrogens is 2. The minimum Gasteiger partial charge on any atom is -0.478 e. The fourth-order valence-electron chi connectivity index (χ4n) is 6.92. The van der Waals surface area contributed by atoms with Crippen molar-refractivity contribution >= 4 is 75.9 Å². The average Bonchev–Trinajstić information content (AvgIpc) is 4.50. The van der Waals surface area contributed by atoms with Crippen molar-refractivity contribution in [1.29, 1.82) is 26.3 Å². The molecule has 0 saturated heterocycles. The molecule has 0 radical (unpaired) electrons. The van der Waals surface area contributed by atoms with Crippen molar-refractivity contribution in [3.8, 4) is 64.4 Å². The Labute approximate surface area is 473 Å². The van der Waals surface area contributed by atoms with Gasteiger partial charge in [-0.2, -0.15) is 51.9 Å². The van der Waals surface area contributed by atoms with Gasteiger partial charge in [0.15, 0.2) is 17.1 Å². The first-order valence-corrected chi connectivity index (χ1v) is 23.4. The fraction of sp³-hybridized carbons (Fsp3) is 0.0392. The first-order chi connectivity index (χ1) is 39.9. The van der Waals surface area contributed by atoms with E-state index in [1.807, 2.05) is 18.2 Å². The molecule has 0 aliphatic rings. The molecule has 0 saturated carbocycles. The molecular formula is C51H29Cl2N21O9. The van der Waals surface area contributed by atoms with Crippen LogP contribution in [0.15, 0.2) is 97.6 Å². The smallest absolute Gasteiger partial charge is 0.340 e. The van der Waals surface area contributed by atoms with Crippen LogP contribution >= 0.6 is 23.2 Å². The number of amides is 3. The van der Waals surface area contributed by atoms with Gasteiger partial charge < -0.3 is 30.9 Å². The zero-order valence-electron chi connectivity index (χ0n) is 41.9. The Morgan fingerprint density at radius 2 is 1.00 bits per heavy atom. The summed E-state index contributed by atoms with van der Waals surface area (Å²) in [4.78, 5) is 72.0. The Morgan fingerprint density at radius 3 is 1.41 bits per heavy atom. The van der Waals surface area contributed by atoms with Crippen molar-refractivity contribution in [2.45, 2.75) is 0 Å². The molecule has 6 aromatic heterocycles. The number of nitrogens with one attached hydrogen (secondary N) is 5. The third-order valence-corrected chi connectivity index (χ3v) is 11.6. The summed E-state index contributed by atoms with van der Waals surface area (Å²) in [7, 11) is 2.79. The van der Waals surface area contributed by atoms with Crippen LogP contribution in [0, 0.1) is 56.7 Å². The first-order valence-electron chi connectivity index (χ1n) is 22.7. The van der Waals surface area contributed by atoms with E-state index >= 15 is 0 Å². The van der Waals surface area contributed by atoms with E-state index in [-0.39, 0.29) is 83.1 Å². The zero-order valence-corrected chi connectivity index (χ0v) is 43.4. The third kappa shape index (κ3) is 13.5. The van der Waals surface area contributed by atoms with Crippen molar-refractivity contribution in [3.05, 3.63) is 169 Å². The highest BCUT2D eigenvalue weighted by molar-refractivity contribution is 6.33. The summed E-state index contributed by atoms with van der Waals surface area (Å²) in [5.41, 5.74) is 2.19. The highest BCUT2D eigenvalue weighted by Gasteiger charge is 2.23. The van der Waals surface area contributed by atoms with Crippen molar-refractivity contribution in [1.82, 2.24) is 66.0 Å². The number of aromatic amines is 2. The second kappa shape index (κ2) is 26.1. The molecule has 0 atom stereocenters. The molecule has 406 valence electrons. The van der Waals surface area contributed by atoms with Gasteiger partial charge in [-0.25, -0.2) is 14.4 Å². The molecule has 0 spiro atoms. The predicted octanol–water partition coefficient (Wildman–Crippen LogP) is 5.61. The summed E-state index contributed by atoms with van der Waals surface area (Å²) in [6, 6.07) is 25.0. The van der Waals surface area contributed by atoms with Gasteiger partial charge in [-0.15, -0.1) is 30.6 Å². The van der Waals surface area contributed by atoms with Gasteiger partial charge >= 0.3 is 17.9 Å². The summed E-state index contributed by atoms with van der Waals surface area (Å²) in [6.07, 6.45) is 6.02. The van der Waals surface area contributed by atoms with Crippen LogP contribution in [0.4, 0.5) is 17.1 Å². The number of esters is 1. The van der Waals surface area contributed by atoms with Crippen LogP contribution in [0.1, 0.15) is 90.4 Å². The topological polar surface area (TPSA) is 473 Å². The molecule has 9 rings (SSSR count). The SMILES string of the molecule is COC(=O)c1cc(C#N)c(C#N)cc1NC(=O)c1ccc(-c2c(C#N)cnn2C)nn1.N#Cc1cc(C(=O)O)c(NC(=O)c2ccc(-c3cn[nH]c3)nn2)cc1Cl.N#Cc1cc(C(=O)O)c(NC(=O)c2ccc(-c3cn[nH]n3)nn2)cc1Cl. The number of carboxylic acid groups (broad SMARTS) is 2. The molecule has 0 fully saturated rings. The van der Waals surface area contributed by atoms with Gasteiger partial charge in [0.05, 0.1) is 103 Å². The lowest BCUT2D eigenvalue weighted by Crippen LogP contribution is -2.18. The maximum Gasteiger partial charge on any atom is 0.340 e. The van der Waals surface area contributed by atoms with Crippen molar-refractivity contribution in [3.63, 3.8) is 0 Å². The number of carbonyl (C=O) groups is 6. The number of aromatic nitrogens is 13. The summed E-state index contributed by atoms with van der Waals surface area (Å²) in [5, 5.41) is 115. The van der Waals surface area contributed by atoms with E-state index in [1.54, 1.807) is 37.6 Å². The first kappa shape index (κ1) is 58.0. The summed E-state index contributed by atoms with van der Waals surface area (Å²) in [5.74, 6) is -5.48. The van der Waals surface area contributed by atoms with Gasteiger partial charge in [-0.05, 0) is 72.8 Å². The lowest BCUT2D eigenvalue weighted by atomic mass is 10.0. The Bertz CT molecular complexity index is 4070. The lowest BCUT2D eigenvalue weighted by Gasteiger charge is -2.11. The van der Waals surface area contributed by atoms with E-state index in [9.17, 15) is 49.5 Å². The standard InChI is InChI=1S/C20H12N8O3.C16H9ClN6O3.C15H8ClN7O3/c1-28-18(13(9-23)10-24-28)15-3-4-16(27-26-15)19(29)25-17-6-12(8-22)11(7-21)5-14(17)20(30)31-2;17-11-4-14(10(16(25)26)3-8(11)5-18)21-15(24)13-2-1-12(22-23-13)9-6-19-20-7-9;16-9-4-12(8(15(25)26)3-7(9)5-17)19-14(24)11-2-1-10(20-21-11)13-6-18-23-22-13/h3-6,10H,1-2H3,(H,25,29);1-4,6-7H,(H,19,20)(H,21,24)(H,25,26);1-4,6H,(H,19,24)(H,25,26)(H,18,22,23). The van der Waals surface area contributed by atoms with Crippen molar-refractivity contribution in [2.24, 2.45) is 7.05 Å². The van der Waals surface area contributed by atoms with Crippen LogP contribution in [-0.2, 0) is 11.8 Å². The molecule has 9 aromatic rings. The number of methoxy groups -OCH3 is 1. The van der Waals surface area contributed by atoms with Crippen LogP contribution in [-0.4, -0.2) is 119 Å². The van der Waals surface area contributed by atoms with Crippen molar-refractivity contribution in [2.75, 3.05) is 23.1 Å². The van der Waals surface area contributed by atoms with E-state index in [2.05, 4.69) is 82.0 Å². The third-order valence-electron chi connectivity index (χ3n) is 10.9. The number of nitrogens with zero attached hydrogens (tertiary/aromatic N) is 16. The van der Waals surface area contributed by atoms with Crippen LogP contribution in [0.5, 0.6) is 0 Å². The Kier molecular flexibility index (Phi) is 18.2. The van der Waals surface area contributed by atoms with Crippen molar-refractivity contribution < 1.29 is 43.7 Å². The number of rotatable bonds is 12. The maximum absolute atomic E-state index is 12.6. The van der Waals surface area contributed by atoms with Crippen LogP contribution in [0.3, 0.4) is 0 Å². The molecule has 0 bridgehead atoms. The largest absolute Gasteiger partial charge is 0.478 e. The zero-order chi connectivity index (χ0) is 59.9. The molecule has 3 aromatic carbocycles. The number of nitriles is 5. The van der Waals surface area contributed by atoms with Gasteiger partial charge in [0.25, 0.3) is 17.7 Å². The number of ether oxygens (including phenoxy) is 1. The monoisotopic (exact) mass is 1150 g/mol. The molecule has 0 aliphatic carbocycles. The Hall–Kier alpha value is -12.7. The van der Waals surface area contributed by atoms with E-state index in [0.717, 1.165) is 19.2 Å². The number of anilines is 3. The van der Waals surface area contributed by atoms with Crippen LogP contribution in [0.25, 0.3) is 34.0 Å². The van der Waals surface area contributed by atoms with E-state index in [4.69, 9.17) is 39.0 Å². The second-order valence-corrected chi connectivity index (χ2v) is 16.8. The van der Waals surface area contributed by atoms with Gasteiger partial charge in [0.1, 0.15) is 53.1 Å². The van der Waals surface area contributed by atoms with Gasteiger partial charge in [0.2, 0.25) is 0 Å². The average molecular weight is 1150 g/mol. The summed E-state index contributed by atoms with van der Waals surface area (Å²) in [6.45, 7) is 0. The van der Waals surface area contributed by atoms with E-state index in [1.165, 1.54) is 71.7 Å². The minimum absolute atomic E-state index is 0.00803. The van der Waals surface area contributed by atoms with Gasteiger partial charge in [0, 0.05) is 18.8 Å². The lowest BCUT2D eigenvalue weighted by molar-refractivity contribution is 0.0599. The van der Waals surface area contributed by atoms with Crippen LogP contribution in [0.2, 0.25) is 10.0 Å². The predicted molar refractivity (Wildman–Crippen MR) is 283 cm³/mol. The number of aromatic carboxylic acids is 2.